The molecule has 0 unspecified atom stereocenters. The number of nitrogens with zero attached hydrogens (tertiary/aromatic N) is 6. The molecule has 0 fully saturated rings. The second kappa shape index (κ2) is 8.53. The van der Waals surface area contributed by atoms with Crippen LogP contribution in [0.25, 0.3) is 17.0 Å². The van der Waals surface area contributed by atoms with Crippen LogP contribution in [0.5, 0.6) is 5.75 Å². The zero-order valence-corrected chi connectivity index (χ0v) is 19.3. The minimum atomic E-state index is -4.50. The van der Waals surface area contributed by atoms with Crippen molar-refractivity contribution in [3.63, 3.8) is 0 Å². The quantitative estimate of drug-likeness (QED) is 0.509. The van der Waals surface area contributed by atoms with E-state index in [0.717, 1.165) is 20.1 Å². The van der Waals surface area contributed by atoms with Gasteiger partial charge in [0.25, 0.3) is 0 Å². The molecular weight excluding hydrogens is 473 g/mol. The fourth-order valence-electron chi connectivity index (χ4n) is 3.45. The second-order valence-corrected chi connectivity index (χ2v) is 8.05. The van der Waals surface area contributed by atoms with E-state index in [0.29, 0.717) is 33.0 Å². The molecule has 0 saturated heterocycles. The molecule has 1 aliphatic carbocycles. The summed E-state index contributed by atoms with van der Waals surface area (Å²) in [5, 5.41) is 11.8. The highest BCUT2D eigenvalue weighted by Crippen LogP contribution is 2.35. The average molecular weight is 491 g/mol. The molecule has 34 heavy (non-hydrogen) atoms. The van der Waals surface area contributed by atoms with Gasteiger partial charge in [0.2, 0.25) is 0 Å². The third kappa shape index (κ3) is 4.24. The predicted molar refractivity (Wildman–Crippen MR) is 118 cm³/mol. The first-order valence-electron chi connectivity index (χ1n) is 9.93. The summed E-state index contributed by atoms with van der Waals surface area (Å²) in [5.74, 6) is 0.495. The first-order valence-corrected chi connectivity index (χ1v) is 10.3. The Balaban J connectivity index is 1.62. The first-order chi connectivity index (χ1) is 16.0. The molecule has 2 heterocycles. The number of aromatic nitrogens is 6. The average Bonchev–Trinajstić information content (AvgIpc) is 3.31. The molecule has 0 amide bonds. The van der Waals surface area contributed by atoms with Gasteiger partial charge in [-0.3, -0.25) is 4.68 Å². The lowest BCUT2D eigenvalue weighted by atomic mass is 10.0. The van der Waals surface area contributed by atoms with Crippen molar-refractivity contribution in [2.45, 2.75) is 20.0 Å². The highest BCUT2D eigenvalue weighted by Gasteiger charge is 2.35. The van der Waals surface area contributed by atoms with Gasteiger partial charge in [-0.05, 0) is 59.3 Å². The monoisotopic (exact) mass is 490 g/mol. The van der Waals surface area contributed by atoms with Crippen LogP contribution in [0.2, 0.25) is 0 Å². The second-order valence-electron chi connectivity index (χ2n) is 7.64. The molecule has 0 aliphatic heterocycles. The van der Waals surface area contributed by atoms with Gasteiger partial charge in [-0.25, -0.2) is 4.79 Å². The van der Waals surface area contributed by atoms with Gasteiger partial charge in [0, 0.05) is 31.3 Å². The summed E-state index contributed by atoms with van der Waals surface area (Å²) in [6.07, 6.45) is -3.01. The molecule has 0 saturated carbocycles. The molecule has 12 heteroatoms. The molecule has 0 radical (unpaired) electrons. The van der Waals surface area contributed by atoms with E-state index < -0.39 is 17.6 Å². The third-order valence-corrected chi connectivity index (χ3v) is 5.57. The summed E-state index contributed by atoms with van der Waals surface area (Å²) >= 11 is 6.33. The van der Waals surface area contributed by atoms with Crippen LogP contribution in [0, 0.1) is 13.8 Å². The van der Waals surface area contributed by atoms with E-state index in [4.69, 9.17) is 16.3 Å². The lowest BCUT2D eigenvalue weighted by Crippen LogP contribution is -2.24. The predicted octanol–water partition coefficient (Wildman–Crippen LogP) is 3.75. The molecule has 3 aromatic rings. The molecule has 0 N–H and O–H groups in total. The van der Waals surface area contributed by atoms with Crippen molar-refractivity contribution in [3.05, 3.63) is 73.6 Å². The number of hydrogen-bond acceptors (Lipinski definition) is 5. The van der Waals surface area contributed by atoms with Crippen molar-refractivity contribution < 1.29 is 17.9 Å². The number of benzene rings is 1. The number of tetrazole rings is 1. The topological polar surface area (TPSA) is 79.8 Å². The van der Waals surface area contributed by atoms with Gasteiger partial charge in [0.15, 0.2) is 0 Å². The Morgan fingerprint density at radius 2 is 1.82 bits per heavy atom. The van der Waals surface area contributed by atoms with Crippen molar-refractivity contribution in [2.24, 2.45) is 14.1 Å². The van der Waals surface area contributed by atoms with E-state index in [1.54, 1.807) is 26.0 Å². The number of rotatable bonds is 5. The van der Waals surface area contributed by atoms with Crippen molar-refractivity contribution in [2.75, 3.05) is 6.61 Å². The zero-order valence-electron chi connectivity index (χ0n) is 18.5. The number of alkyl halides is 3. The van der Waals surface area contributed by atoms with Crippen LogP contribution in [-0.2, 0) is 20.3 Å². The highest BCUT2D eigenvalue weighted by atomic mass is 35.5. The van der Waals surface area contributed by atoms with Crippen molar-refractivity contribution in [1.82, 2.24) is 29.6 Å². The van der Waals surface area contributed by atoms with Gasteiger partial charge in [0.05, 0.1) is 10.7 Å². The normalized spacial score (nSPS) is 13.6. The lowest BCUT2D eigenvalue weighted by Gasteiger charge is -2.16. The number of hydrogen-bond donors (Lipinski definition) is 0. The van der Waals surface area contributed by atoms with E-state index in [9.17, 15) is 18.0 Å². The molecule has 4 rings (SSSR count). The minimum absolute atomic E-state index is 0.0240. The van der Waals surface area contributed by atoms with Gasteiger partial charge in [0.1, 0.15) is 23.7 Å². The number of halogens is 4. The molecule has 2 aromatic heterocycles. The maximum absolute atomic E-state index is 13.2. The first kappa shape index (κ1) is 23.4. The van der Waals surface area contributed by atoms with Gasteiger partial charge in [-0.2, -0.15) is 27.6 Å². The van der Waals surface area contributed by atoms with Crippen LogP contribution < -0.4 is 10.4 Å². The van der Waals surface area contributed by atoms with E-state index in [1.165, 1.54) is 20.2 Å². The number of aryl methyl sites for hydroxylation is 4. The summed E-state index contributed by atoms with van der Waals surface area (Å²) in [7, 11) is 2.72. The van der Waals surface area contributed by atoms with Crippen molar-refractivity contribution in [1.29, 1.82) is 0 Å². The molecule has 0 bridgehead atoms. The van der Waals surface area contributed by atoms with Crippen LogP contribution in [0.15, 0.2) is 51.1 Å². The molecule has 1 aliphatic rings. The van der Waals surface area contributed by atoms with Gasteiger partial charge in [-0.1, -0.05) is 17.3 Å². The SMILES string of the molecule is Cc1cc(-c2cc(C(F)(F)F)n(C)n2)c(C)cc1OCC1=C(Cl)C=C=C=C1n1nnn(C)c1=O. The van der Waals surface area contributed by atoms with Gasteiger partial charge in [-0.15, -0.1) is 0 Å². The molecule has 0 atom stereocenters. The Hall–Kier alpha value is -3.78. The van der Waals surface area contributed by atoms with Crippen molar-refractivity contribution in [3.8, 4) is 17.0 Å². The summed E-state index contributed by atoms with van der Waals surface area (Å²) in [6.45, 7) is 3.50. The van der Waals surface area contributed by atoms with Crippen molar-refractivity contribution >= 4 is 17.3 Å². The largest absolute Gasteiger partial charge is 0.488 e. The summed E-state index contributed by atoms with van der Waals surface area (Å²) in [6, 6.07) is 4.45. The zero-order chi connectivity index (χ0) is 24.8. The fraction of sp³-hybridized carbons (Fsp3) is 0.273. The van der Waals surface area contributed by atoms with Crippen LogP contribution in [0.3, 0.4) is 0 Å². The molecular formula is C22H18ClF3N6O2. The Morgan fingerprint density at radius 3 is 2.44 bits per heavy atom. The molecule has 176 valence electrons. The Kier molecular flexibility index (Phi) is 5.87. The van der Waals surface area contributed by atoms with E-state index >= 15 is 0 Å². The Morgan fingerprint density at radius 1 is 1.09 bits per heavy atom. The van der Waals surface area contributed by atoms with Crippen LogP contribution >= 0.6 is 11.6 Å². The van der Waals surface area contributed by atoms with Gasteiger partial charge >= 0.3 is 11.9 Å². The maximum Gasteiger partial charge on any atom is 0.433 e. The Labute approximate surface area is 196 Å². The fourth-order valence-corrected chi connectivity index (χ4v) is 3.65. The van der Waals surface area contributed by atoms with Crippen LogP contribution in [0.4, 0.5) is 13.2 Å². The maximum atomic E-state index is 13.2. The molecule has 8 nitrogen and oxygen atoms in total. The number of ether oxygens (including phenoxy) is 1. The summed E-state index contributed by atoms with van der Waals surface area (Å²) in [5.41, 5.74) is 7.05. The summed E-state index contributed by atoms with van der Waals surface area (Å²) in [4.78, 5) is 12.3. The molecule has 0 spiro atoms. The van der Waals surface area contributed by atoms with E-state index in [-0.39, 0.29) is 18.0 Å². The molecule has 1 aromatic carbocycles. The van der Waals surface area contributed by atoms with Crippen LogP contribution in [0.1, 0.15) is 16.8 Å². The highest BCUT2D eigenvalue weighted by molar-refractivity contribution is 6.32. The van der Waals surface area contributed by atoms with Crippen LogP contribution in [-0.4, -0.2) is 36.2 Å². The van der Waals surface area contributed by atoms with E-state index in [1.807, 2.05) is 0 Å². The van der Waals surface area contributed by atoms with Gasteiger partial charge < -0.3 is 4.74 Å². The standard InChI is InChI=1S/C22H18ClF3N6O2/c1-12-9-19(13(2)8-14(12)17-10-20(22(24,25)26)30(3)27-17)34-11-15-16(23)6-5-7-18(15)32-21(33)31(4)28-29-32/h6,8-10H,11H2,1-4H3. The smallest absolute Gasteiger partial charge is 0.433 e. The third-order valence-electron chi connectivity index (χ3n) is 5.24. The summed E-state index contributed by atoms with van der Waals surface area (Å²) < 4.78 is 48.4. The van der Waals surface area contributed by atoms with E-state index in [2.05, 4.69) is 27.0 Å². The minimum Gasteiger partial charge on any atom is -0.488 e. The number of allylic oxidation sites excluding steroid dienone is 2. The Bertz CT molecular complexity index is 1500. The lowest BCUT2D eigenvalue weighted by molar-refractivity contribution is -0.143.